The predicted octanol–water partition coefficient (Wildman–Crippen LogP) is 4.31. The number of hydrogen-bond acceptors (Lipinski definition) is 8. The highest BCUT2D eigenvalue weighted by Gasteiger charge is 2.45. The van der Waals surface area contributed by atoms with Crippen molar-refractivity contribution in [3.8, 4) is 11.1 Å². The van der Waals surface area contributed by atoms with Crippen LogP contribution < -0.4 is 11.2 Å². The Bertz CT molecular complexity index is 1590. The van der Waals surface area contributed by atoms with Crippen molar-refractivity contribution in [3.63, 3.8) is 0 Å². The number of para-hydroxylation sites is 1. The number of halogens is 1. The summed E-state index contributed by atoms with van der Waals surface area (Å²) < 4.78 is 26.1. The van der Waals surface area contributed by atoms with Gasteiger partial charge in [-0.2, -0.15) is 5.10 Å². The van der Waals surface area contributed by atoms with Gasteiger partial charge in [-0.1, -0.05) is 24.3 Å². The number of hydrazone groups is 1. The van der Waals surface area contributed by atoms with Crippen molar-refractivity contribution < 1.29 is 13.2 Å². The molecule has 2 aliphatic heterocycles. The summed E-state index contributed by atoms with van der Waals surface area (Å²) in [4.78, 5) is 22.3. The molecule has 0 radical (unpaired) electrons. The van der Waals surface area contributed by atoms with Gasteiger partial charge < -0.3 is 14.6 Å². The van der Waals surface area contributed by atoms with Crippen LogP contribution in [0.2, 0.25) is 0 Å². The molecule has 174 valence electrons. The zero-order valence-corrected chi connectivity index (χ0v) is 18.6. The zero-order chi connectivity index (χ0) is 24.1. The number of hydrogen-bond donors (Lipinski definition) is 1. The van der Waals surface area contributed by atoms with Gasteiger partial charge in [-0.25, -0.2) is 14.4 Å². The summed E-state index contributed by atoms with van der Waals surface area (Å²) in [7, 11) is 0. The molecule has 2 aromatic heterocycles. The third kappa shape index (κ3) is 3.35. The standard InChI is InChI=1S/C26H20FN5O3/c1-14(32-26-21(25(28)29-13-30-26)22(31-32)19-10-5-11-34-19)24-20(15-6-4-7-16(27)12-15)23(33)17-8-2-3-9-18(17)35-24/h2-14,21,26H,1H3,(H2,28,29,30). The summed E-state index contributed by atoms with van der Waals surface area (Å²) in [5.41, 5.74) is 7.70. The summed E-state index contributed by atoms with van der Waals surface area (Å²) in [5, 5.41) is 6.95. The van der Waals surface area contributed by atoms with E-state index in [1.165, 1.54) is 18.5 Å². The van der Waals surface area contributed by atoms with Gasteiger partial charge in [0, 0.05) is 0 Å². The zero-order valence-electron chi connectivity index (χ0n) is 18.6. The monoisotopic (exact) mass is 469 g/mol. The minimum atomic E-state index is -0.561. The molecule has 2 N–H and O–H groups in total. The maximum atomic E-state index is 14.2. The van der Waals surface area contributed by atoms with Crippen molar-refractivity contribution >= 4 is 28.9 Å². The normalized spacial score (nSPS) is 20.0. The molecule has 0 saturated heterocycles. The lowest BCUT2D eigenvalue weighted by Gasteiger charge is -2.30. The Balaban J connectivity index is 1.55. The smallest absolute Gasteiger partial charge is 0.200 e. The first-order chi connectivity index (χ1) is 17.0. The Morgan fingerprint density at radius 3 is 2.77 bits per heavy atom. The number of fused-ring (bicyclic) bond motifs is 2. The van der Waals surface area contributed by atoms with Gasteiger partial charge in [0.2, 0.25) is 5.43 Å². The lowest BCUT2D eigenvalue weighted by molar-refractivity contribution is 0.149. The van der Waals surface area contributed by atoms with Crippen molar-refractivity contribution in [3.05, 3.63) is 94.5 Å². The van der Waals surface area contributed by atoms with E-state index >= 15 is 0 Å². The molecular weight excluding hydrogens is 449 g/mol. The van der Waals surface area contributed by atoms with Gasteiger partial charge in [-0.05, 0) is 48.9 Å². The van der Waals surface area contributed by atoms with Crippen LogP contribution in [0.5, 0.6) is 0 Å². The summed E-state index contributed by atoms with van der Waals surface area (Å²) in [5.74, 6) is 0.376. The van der Waals surface area contributed by atoms with Crippen LogP contribution in [0.4, 0.5) is 4.39 Å². The summed E-state index contributed by atoms with van der Waals surface area (Å²) in [6, 6.07) is 15.9. The number of nitrogens with two attached hydrogens (primary N) is 1. The lowest BCUT2D eigenvalue weighted by atomic mass is 9.95. The molecule has 0 spiro atoms. The minimum absolute atomic E-state index is 0.251. The fourth-order valence-electron chi connectivity index (χ4n) is 4.67. The summed E-state index contributed by atoms with van der Waals surface area (Å²) in [6.07, 6.45) is 2.45. The second-order valence-electron chi connectivity index (χ2n) is 8.41. The van der Waals surface area contributed by atoms with Crippen molar-refractivity contribution in [2.75, 3.05) is 0 Å². The predicted molar refractivity (Wildman–Crippen MR) is 131 cm³/mol. The molecule has 0 aliphatic carbocycles. The number of furan rings is 1. The van der Waals surface area contributed by atoms with E-state index in [0.29, 0.717) is 39.6 Å². The number of amidine groups is 1. The van der Waals surface area contributed by atoms with Crippen molar-refractivity contribution in [2.45, 2.75) is 19.1 Å². The molecule has 9 heteroatoms. The number of rotatable bonds is 4. The summed E-state index contributed by atoms with van der Waals surface area (Å²) >= 11 is 0. The molecule has 8 nitrogen and oxygen atoms in total. The van der Waals surface area contributed by atoms with Gasteiger partial charge in [0.05, 0.1) is 17.2 Å². The molecule has 3 unspecified atom stereocenters. The van der Waals surface area contributed by atoms with Crippen LogP contribution in [-0.2, 0) is 0 Å². The second kappa shape index (κ2) is 8.05. The SMILES string of the molecule is CC(c1oc2ccccc2c(=O)c1-c1cccc(F)c1)N1N=C(c2ccco2)C2C(N)=NC=NC21. The van der Waals surface area contributed by atoms with E-state index in [1.807, 2.05) is 6.92 Å². The van der Waals surface area contributed by atoms with Crippen LogP contribution in [-0.4, -0.2) is 29.1 Å². The van der Waals surface area contributed by atoms with Crippen molar-refractivity contribution in [1.29, 1.82) is 0 Å². The third-order valence-corrected chi connectivity index (χ3v) is 6.32. The van der Waals surface area contributed by atoms with Gasteiger partial charge in [0.15, 0.2) is 11.9 Å². The topological polar surface area (TPSA) is 110 Å². The fraction of sp³-hybridized carbons (Fsp3) is 0.154. The average Bonchev–Trinajstić information content (AvgIpc) is 3.52. The maximum absolute atomic E-state index is 14.2. The first-order valence-corrected chi connectivity index (χ1v) is 11.1. The Kier molecular flexibility index (Phi) is 4.84. The van der Waals surface area contributed by atoms with Crippen LogP contribution in [0, 0.1) is 11.7 Å². The Morgan fingerprint density at radius 1 is 1.11 bits per heavy atom. The van der Waals surface area contributed by atoms with E-state index in [1.54, 1.807) is 59.8 Å². The molecule has 4 heterocycles. The highest BCUT2D eigenvalue weighted by Crippen LogP contribution is 2.39. The first kappa shape index (κ1) is 21.0. The fourth-order valence-corrected chi connectivity index (χ4v) is 4.67. The van der Waals surface area contributed by atoms with E-state index in [-0.39, 0.29) is 11.0 Å². The molecule has 6 rings (SSSR count). The van der Waals surface area contributed by atoms with Crippen LogP contribution in [0.1, 0.15) is 24.5 Å². The molecule has 2 aliphatic rings. The number of nitrogens with zero attached hydrogens (tertiary/aromatic N) is 4. The first-order valence-electron chi connectivity index (χ1n) is 11.1. The lowest BCUT2D eigenvalue weighted by Crippen LogP contribution is -2.43. The maximum Gasteiger partial charge on any atom is 0.200 e. The van der Waals surface area contributed by atoms with Gasteiger partial charge >= 0.3 is 0 Å². The molecule has 0 amide bonds. The van der Waals surface area contributed by atoms with Crippen LogP contribution in [0.3, 0.4) is 0 Å². The van der Waals surface area contributed by atoms with E-state index in [2.05, 4.69) is 9.98 Å². The van der Waals surface area contributed by atoms with Crippen molar-refractivity contribution in [1.82, 2.24) is 5.01 Å². The Morgan fingerprint density at radius 2 is 1.97 bits per heavy atom. The van der Waals surface area contributed by atoms with Gasteiger partial charge in [0.1, 0.15) is 47.0 Å². The molecule has 2 aromatic carbocycles. The molecule has 0 bridgehead atoms. The van der Waals surface area contributed by atoms with Crippen LogP contribution in [0.25, 0.3) is 22.1 Å². The van der Waals surface area contributed by atoms with Crippen LogP contribution >= 0.6 is 0 Å². The van der Waals surface area contributed by atoms with Crippen LogP contribution in [0.15, 0.2) is 95.6 Å². The Hall–Kier alpha value is -4.53. The molecule has 3 atom stereocenters. The van der Waals surface area contributed by atoms with E-state index in [0.717, 1.165) is 0 Å². The van der Waals surface area contributed by atoms with E-state index < -0.39 is 23.9 Å². The van der Waals surface area contributed by atoms with Gasteiger partial charge in [-0.3, -0.25) is 9.80 Å². The van der Waals surface area contributed by atoms with Gasteiger partial charge in [0.25, 0.3) is 0 Å². The molecule has 0 saturated carbocycles. The number of aliphatic imine (C=N–C) groups is 2. The highest BCUT2D eigenvalue weighted by atomic mass is 19.1. The molecule has 4 aromatic rings. The van der Waals surface area contributed by atoms with E-state index in [4.69, 9.17) is 19.7 Å². The summed E-state index contributed by atoms with van der Waals surface area (Å²) in [6.45, 7) is 1.86. The molecule has 0 fully saturated rings. The number of benzene rings is 2. The third-order valence-electron chi connectivity index (χ3n) is 6.32. The minimum Gasteiger partial charge on any atom is -0.463 e. The largest absolute Gasteiger partial charge is 0.463 e. The second-order valence-corrected chi connectivity index (χ2v) is 8.41. The highest BCUT2D eigenvalue weighted by molar-refractivity contribution is 6.16. The quantitative estimate of drug-likeness (QED) is 0.479. The average molecular weight is 469 g/mol. The Labute approximate surface area is 198 Å². The molecular formula is C26H20FN5O3. The van der Waals surface area contributed by atoms with E-state index in [9.17, 15) is 9.18 Å². The van der Waals surface area contributed by atoms with Gasteiger partial charge in [-0.15, -0.1) is 0 Å². The van der Waals surface area contributed by atoms with Crippen molar-refractivity contribution in [2.24, 2.45) is 26.7 Å². The molecule has 35 heavy (non-hydrogen) atoms.